The van der Waals surface area contributed by atoms with Crippen molar-refractivity contribution < 1.29 is 30.2 Å². The SMILES string of the molecule is CO.CO.C[CH]=[Ti+2].c1ccc2[cH-]ccc2c1.c1ccc2c(c1)[cH-]c1ccccc12. The molecule has 3 heteroatoms. The number of hydrogen-bond acceptors (Lipinski definition) is 2. The van der Waals surface area contributed by atoms with E-state index < -0.39 is 0 Å². The fourth-order valence-corrected chi connectivity index (χ4v) is 2.97. The Morgan fingerprint density at radius 3 is 1.55 bits per heavy atom. The van der Waals surface area contributed by atoms with Gasteiger partial charge in [-0.05, 0) is 0 Å². The maximum Gasteiger partial charge on any atom is -0.0771 e. The van der Waals surface area contributed by atoms with Crippen LogP contribution < -0.4 is 0 Å². The van der Waals surface area contributed by atoms with E-state index in [0.29, 0.717) is 0 Å². The van der Waals surface area contributed by atoms with Crippen molar-refractivity contribution in [3.63, 3.8) is 0 Å². The van der Waals surface area contributed by atoms with Gasteiger partial charge in [-0.15, -0.1) is 69.4 Å². The molecule has 0 fully saturated rings. The first kappa shape index (κ1) is 24.7. The minimum absolute atomic E-state index is 1.00. The van der Waals surface area contributed by atoms with Crippen molar-refractivity contribution in [1.29, 1.82) is 0 Å². The number of aliphatic hydroxyl groups excluding tert-OH is 2. The Bertz CT molecular complexity index is 1010. The maximum absolute atomic E-state index is 7.00. The van der Waals surface area contributed by atoms with Crippen LogP contribution in [0.5, 0.6) is 0 Å². The number of benzene rings is 3. The zero-order valence-corrected chi connectivity index (χ0v) is 18.8. The Hall–Kier alpha value is -2.36. The van der Waals surface area contributed by atoms with Gasteiger partial charge in [0.15, 0.2) is 0 Å². The van der Waals surface area contributed by atoms with Gasteiger partial charge >= 0.3 is 31.2 Å². The van der Waals surface area contributed by atoms with Crippen LogP contribution in [0.2, 0.25) is 0 Å². The van der Waals surface area contributed by atoms with Crippen molar-refractivity contribution in [2.24, 2.45) is 0 Å². The van der Waals surface area contributed by atoms with Crippen LogP contribution >= 0.6 is 0 Å². The van der Waals surface area contributed by atoms with Crippen LogP contribution in [-0.4, -0.2) is 28.7 Å². The molecule has 2 nitrogen and oxygen atoms in total. The quantitative estimate of drug-likeness (QED) is 0.244. The van der Waals surface area contributed by atoms with E-state index in [0.717, 1.165) is 14.2 Å². The van der Waals surface area contributed by atoms with E-state index in [-0.39, 0.29) is 0 Å². The number of aliphatic hydroxyl groups is 2. The van der Waals surface area contributed by atoms with Gasteiger partial charge in [-0.2, -0.15) is 17.5 Å². The Labute approximate surface area is 184 Å². The van der Waals surface area contributed by atoms with Crippen molar-refractivity contribution >= 4 is 36.6 Å². The normalized spacial score (nSPS) is 9.07. The van der Waals surface area contributed by atoms with E-state index >= 15 is 0 Å². The second-order valence-electron chi connectivity index (χ2n) is 5.76. The Kier molecular flexibility index (Phi) is 12.4. The summed E-state index contributed by atoms with van der Waals surface area (Å²) >= 11 is 2.00. The Morgan fingerprint density at radius 2 is 1.07 bits per heavy atom. The molecule has 5 aromatic rings. The van der Waals surface area contributed by atoms with Gasteiger partial charge in [0.25, 0.3) is 0 Å². The minimum atomic E-state index is 1.00. The summed E-state index contributed by atoms with van der Waals surface area (Å²) in [6, 6.07) is 33.9. The average Bonchev–Trinajstić information content (AvgIpc) is 3.42. The van der Waals surface area contributed by atoms with Crippen molar-refractivity contribution in [2.45, 2.75) is 6.92 Å². The van der Waals surface area contributed by atoms with E-state index in [1.807, 2.05) is 31.2 Å². The van der Waals surface area contributed by atoms with Gasteiger partial charge in [-0.3, -0.25) is 0 Å². The van der Waals surface area contributed by atoms with Crippen molar-refractivity contribution in [3.05, 3.63) is 97.1 Å². The van der Waals surface area contributed by atoms with E-state index in [1.54, 1.807) is 0 Å². The van der Waals surface area contributed by atoms with Gasteiger partial charge in [0.1, 0.15) is 0 Å². The molecular weight excluding hydrogens is 392 g/mol. The van der Waals surface area contributed by atoms with Crippen molar-refractivity contribution in [2.75, 3.05) is 14.2 Å². The van der Waals surface area contributed by atoms with Crippen LogP contribution in [-0.2, 0) is 20.0 Å². The van der Waals surface area contributed by atoms with Crippen LogP contribution in [0.3, 0.4) is 0 Å². The van der Waals surface area contributed by atoms with Crippen LogP contribution in [0.1, 0.15) is 6.92 Å². The van der Waals surface area contributed by atoms with Crippen LogP contribution in [0.15, 0.2) is 97.1 Å². The molecule has 0 saturated carbocycles. The first-order valence-electron chi connectivity index (χ1n) is 9.31. The molecule has 148 valence electrons. The predicted molar refractivity (Wildman–Crippen MR) is 125 cm³/mol. The number of fused-ring (bicyclic) bond motifs is 4. The summed E-state index contributed by atoms with van der Waals surface area (Å²) in [5.41, 5.74) is 0. The third-order valence-corrected chi connectivity index (χ3v) is 4.07. The summed E-state index contributed by atoms with van der Waals surface area (Å²) in [5, 5.41) is 22.1. The van der Waals surface area contributed by atoms with Crippen LogP contribution in [0, 0.1) is 0 Å². The molecule has 0 aliphatic rings. The molecule has 0 bridgehead atoms. The molecule has 29 heavy (non-hydrogen) atoms. The second kappa shape index (κ2) is 14.6. The summed E-state index contributed by atoms with van der Waals surface area (Å²) in [6.07, 6.45) is 0. The molecule has 0 saturated heterocycles. The molecular formula is C26H28O2Ti. The van der Waals surface area contributed by atoms with Crippen LogP contribution in [0.25, 0.3) is 32.3 Å². The summed E-state index contributed by atoms with van der Waals surface area (Å²) in [5.74, 6) is 0. The van der Waals surface area contributed by atoms with Gasteiger partial charge in [0, 0.05) is 14.2 Å². The molecule has 0 amide bonds. The molecule has 2 N–H and O–H groups in total. The van der Waals surface area contributed by atoms with Gasteiger partial charge in [0.2, 0.25) is 0 Å². The monoisotopic (exact) mass is 420 g/mol. The zero-order chi connectivity index (χ0) is 21.5. The fourth-order valence-electron chi connectivity index (χ4n) is 2.97. The molecule has 0 radical (unpaired) electrons. The summed E-state index contributed by atoms with van der Waals surface area (Å²) < 4.78 is 2.00. The predicted octanol–water partition coefficient (Wildman–Crippen LogP) is 5.84. The van der Waals surface area contributed by atoms with Gasteiger partial charge < -0.3 is 10.2 Å². The molecule has 0 atom stereocenters. The smallest absolute Gasteiger partial charge is 0.0771 e. The van der Waals surface area contributed by atoms with E-state index in [2.05, 4.69) is 97.1 Å². The van der Waals surface area contributed by atoms with E-state index in [9.17, 15) is 0 Å². The third kappa shape index (κ3) is 7.19. The largest absolute Gasteiger partial charge is 0.168 e. The summed E-state index contributed by atoms with van der Waals surface area (Å²) in [4.78, 5) is 0. The summed E-state index contributed by atoms with van der Waals surface area (Å²) in [6.45, 7) is 2.00. The average molecular weight is 420 g/mol. The molecule has 0 aromatic heterocycles. The standard InChI is InChI=1S/C13H9.C9H7.C2H4.2CH4O.Ti/c1-3-7-12-10(5-1)9-11-6-2-4-8-13(11)12;1-2-5-9-7-3-6-8(9)4-1;3*1-2;/h1-9H;1-7H;1H,2H3;2*2H,1H3;/q2*-1;;;;+2. The molecule has 0 aliphatic carbocycles. The van der Waals surface area contributed by atoms with Crippen molar-refractivity contribution in [1.82, 2.24) is 0 Å². The topological polar surface area (TPSA) is 40.5 Å². The van der Waals surface area contributed by atoms with Crippen LogP contribution in [0.4, 0.5) is 0 Å². The summed E-state index contributed by atoms with van der Waals surface area (Å²) in [7, 11) is 2.00. The van der Waals surface area contributed by atoms with E-state index in [4.69, 9.17) is 10.2 Å². The number of hydrogen-bond donors (Lipinski definition) is 2. The Balaban J connectivity index is 0.000000230. The maximum atomic E-state index is 7.00. The first-order valence-corrected chi connectivity index (χ1v) is 10.2. The third-order valence-electron chi connectivity index (χ3n) is 4.07. The number of rotatable bonds is 0. The minimum Gasteiger partial charge on any atom is -0.168 e. The first-order chi connectivity index (χ1) is 14.3. The fraction of sp³-hybridized carbons (Fsp3) is 0.115. The van der Waals surface area contributed by atoms with Crippen molar-refractivity contribution in [3.8, 4) is 0 Å². The molecule has 0 aliphatic heterocycles. The van der Waals surface area contributed by atoms with Gasteiger partial charge in [-0.25, -0.2) is 0 Å². The zero-order valence-electron chi connectivity index (χ0n) is 17.2. The Morgan fingerprint density at radius 1 is 0.655 bits per heavy atom. The second-order valence-corrected chi connectivity index (χ2v) is 6.66. The van der Waals surface area contributed by atoms with Gasteiger partial charge in [0.05, 0.1) is 0 Å². The molecule has 0 unspecified atom stereocenters. The molecule has 5 aromatic carbocycles. The van der Waals surface area contributed by atoms with Gasteiger partial charge in [-0.1, -0.05) is 42.5 Å². The molecule has 0 heterocycles. The molecule has 5 rings (SSSR count). The van der Waals surface area contributed by atoms with E-state index in [1.165, 1.54) is 32.3 Å². The molecule has 0 spiro atoms.